The molecule has 0 amide bonds. The number of hydrogen-bond acceptors (Lipinski definition) is 3. The van der Waals surface area contributed by atoms with Crippen LogP contribution in [-0.2, 0) is 16.6 Å². The van der Waals surface area contributed by atoms with Crippen molar-refractivity contribution in [1.29, 1.82) is 0 Å². The SMILES string of the molecule is C=CCN(C1CC1)S(=O)(=O)c1ccc(F)c(CNCC)c1. The van der Waals surface area contributed by atoms with Crippen LogP contribution in [0.5, 0.6) is 0 Å². The Morgan fingerprint density at radius 1 is 1.48 bits per heavy atom. The van der Waals surface area contributed by atoms with E-state index in [4.69, 9.17) is 0 Å². The van der Waals surface area contributed by atoms with Crippen molar-refractivity contribution in [3.05, 3.63) is 42.2 Å². The zero-order valence-corrected chi connectivity index (χ0v) is 13.0. The standard InChI is InChI=1S/C15H21FN2O2S/c1-3-9-18(13-5-6-13)21(19,20)14-7-8-15(16)12(10-14)11-17-4-2/h3,7-8,10,13,17H,1,4-6,9,11H2,2H3. The topological polar surface area (TPSA) is 49.4 Å². The molecule has 6 heteroatoms. The minimum absolute atomic E-state index is 0.0512. The summed E-state index contributed by atoms with van der Waals surface area (Å²) in [6, 6.07) is 4.03. The Balaban J connectivity index is 2.32. The molecule has 1 aliphatic rings. The van der Waals surface area contributed by atoms with E-state index in [0.717, 1.165) is 12.8 Å². The van der Waals surface area contributed by atoms with Crippen LogP contribution in [-0.4, -0.2) is 31.9 Å². The van der Waals surface area contributed by atoms with Crippen LogP contribution >= 0.6 is 0 Å². The molecule has 1 fully saturated rings. The average Bonchev–Trinajstić information content (AvgIpc) is 3.28. The van der Waals surface area contributed by atoms with E-state index in [1.807, 2.05) is 6.92 Å². The second kappa shape index (κ2) is 6.68. The monoisotopic (exact) mass is 312 g/mol. The van der Waals surface area contributed by atoms with Crippen LogP contribution in [0.2, 0.25) is 0 Å². The lowest BCUT2D eigenvalue weighted by atomic mass is 10.2. The van der Waals surface area contributed by atoms with Gasteiger partial charge >= 0.3 is 0 Å². The fourth-order valence-corrected chi connectivity index (χ4v) is 3.88. The highest BCUT2D eigenvalue weighted by Crippen LogP contribution is 2.32. The summed E-state index contributed by atoms with van der Waals surface area (Å²) in [6.07, 6.45) is 3.33. The molecule has 4 nitrogen and oxygen atoms in total. The first kappa shape index (κ1) is 16.1. The van der Waals surface area contributed by atoms with Crippen molar-refractivity contribution in [3.63, 3.8) is 0 Å². The lowest BCUT2D eigenvalue weighted by Gasteiger charge is -2.20. The van der Waals surface area contributed by atoms with Crippen LogP contribution in [0.4, 0.5) is 4.39 Å². The van der Waals surface area contributed by atoms with E-state index in [9.17, 15) is 12.8 Å². The van der Waals surface area contributed by atoms with E-state index in [-0.39, 0.29) is 17.5 Å². The molecule has 0 atom stereocenters. The normalized spacial score (nSPS) is 15.4. The Hall–Kier alpha value is -1.24. The quantitative estimate of drug-likeness (QED) is 0.749. The van der Waals surface area contributed by atoms with Crippen LogP contribution in [0.1, 0.15) is 25.3 Å². The van der Waals surface area contributed by atoms with Crippen LogP contribution in [0, 0.1) is 5.82 Å². The summed E-state index contributed by atoms with van der Waals surface area (Å²) in [6.45, 7) is 6.82. The second-order valence-corrected chi connectivity index (χ2v) is 7.02. The van der Waals surface area contributed by atoms with Crippen LogP contribution in [0.25, 0.3) is 0 Å². The van der Waals surface area contributed by atoms with Crippen LogP contribution in [0.3, 0.4) is 0 Å². The molecule has 0 bridgehead atoms. The molecule has 2 rings (SSSR count). The predicted molar refractivity (Wildman–Crippen MR) is 80.9 cm³/mol. The molecule has 1 N–H and O–H groups in total. The number of sulfonamides is 1. The van der Waals surface area contributed by atoms with E-state index in [2.05, 4.69) is 11.9 Å². The third kappa shape index (κ3) is 3.70. The van der Waals surface area contributed by atoms with E-state index in [1.165, 1.54) is 22.5 Å². The van der Waals surface area contributed by atoms with Crippen molar-refractivity contribution in [2.75, 3.05) is 13.1 Å². The summed E-state index contributed by atoms with van der Waals surface area (Å²) < 4.78 is 40.5. The number of nitrogens with one attached hydrogen (secondary N) is 1. The van der Waals surface area contributed by atoms with Gasteiger partial charge in [0.05, 0.1) is 4.90 Å². The Morgan fingerprint density at radius 3 is 2.76 bits per heavy atom. The second-order valence-electron chi connectivity index (χ2n) is 5.13. The van der Waals surface area contributed by atoms with Gasteiger partial charge in [-0.2, -0.15) is 4.31 Å². The summed E-state index contributed by atoms with van der Waals surface area (Å²) in [5.74, 6) is -0.392. The molecular formula is C15H21FN2O2S. The highest BCUT2D eigenvalue weighted by atomic mass is 32.2. The molecule has 1 aromatic carbocycles. The molecule has 0 saturated heterocycles. The van der Waals surface area contributed by atoms with Crippen molar-refractivity contribution in [2.24, 2.45) is 0 Å². The minimum Gasteiger partial charge on any atom is -0.313 e. The first-order valence-corrected chi connectivity index (χ1v) is 8.56. The Kier molecular flexibility index (Phi) is 5.13. The van der Waals surface area contributed by atoms with Gasteiger partial charge in [0.2, 0.25) is 10.0 Å². The molecule has 1 aromatic rings. The average molecular weight is 312 g/mol. The largest absolute Gasteiger partial charge is 0.313 e. The maximum absolute atomic E-state index is 13.7. The van der Waals surface area contributed by atoms with Crippen molar-refractivity contribution < 1.29 is 12.8 Å². The first-order valence-electron chi connectivity index (χ1n) is 7.12. The van der Waals surface area contributed by atoms with Crippen molar-refractivity contribution >= 4 is 10.0 Å². The molecule has 0 unspecified atom stereocenters. The molecule has 1 saturated carbocycles. The van der Waals surface area contributed by atoms with E-state index in [0.29, 0.717) is 18.7 Å². The van der Waals surface area contributed by atoms with E-state index >= 15 is 0 Å². The third-order valence-electron chi connectivity index (χ3n) is 3.45. The van der Waals surface area contributed by atoms with E-state index < -0.39 is 15.8 Å². The van der Waals surface area contributed by atoms with Gasteiger partial charge in [-0.15, -0.1) is 6.58 Å². The molecule has 21 heavy (non-hydrogen) atoms. The molecule has 0 radical (unpaired) electrons. The number of benzene rings is 1. The van der Waals surface area contributed by atoms with Gasteiger partial charge < -0.3 is 5.32 Å². The van der Waals surface area contributed by atoms with Crippen molar-refractivity contribution in [2.45, 2.75) is 37.2 Å². The Labute approximate surface area is 125 Å². The van der Waals surface area contributed by atoms with Gasteiger partial charge in [0.15, 0.2) is 0 Å². The Bertz CT molecular complexity index is 612. The van der Waals surface area contributed by atoms with Gasteiger partial charge in [-0.25, -0.2) is 12.8 Å². The predicted octanol–water partition coefficient (Wildman–Crippen LogP) is 2.27. The molecule has 0 aliphatic heterocycles. The lowest BCUT2D eigenvalue weighted by molar-refractivity contribution is 0.435. The van der Waals surface area contributed by atoms with Crippen molar-refractivity contribution in [3.8, 4) is 0 Å². The number of rotatable bonds is 8. The summed E-state index contributed by atoms with van der Waals surface area (Å²) in [7, 11) is -3.60. The molecular weight excluding hydrogens is 291 g/mol. The van der Waals surface area contributed by atoms with Gasteiger partial charge in [0, 0.05) is 24.7 Å². The van der Waals surface area contributed by atoms with Gasteiger partial charge in [-0.3, -0.25) is 0 Å². The van der Waals surface area contributed by atoms with Crippen molar-refractivity contribution in [1.82, 2.24) is 9.62 Å². The number of nitrogens with zero attached hydrogens (tertiary/aromatic N) is 1. The van der Waals surface area contributed by atoms with Gasteiger partial charge in [0.25, 0.3) is 0 Å². The van der Waals surface area contributed by atoms with Gasteiger partial charge in [-0.1, -0.05) is 13.0 Å². The van der Waals surface area contributed by atoms with Gasteiger partial charge in [0.1, 0.15) is 5.82 Å². The maximum atomic E-state index is 13.7. The minimum atomic E-state index is -3.60. The fraction of sp³-hybridized carbons (Fsp3) is 0.467. The van der Waals surface area contributed by atoms with Gasteiger partial charge in [-0.05, 0) is 37.6 Å². The number of hydrogen-bond donors (Lipinski definition) is 1. The maximum Gasteiger partial charge on any atom is 0.243 e. The molecule has 0 heterocycles. The molecule has 0 aromatic heterocycles. The first-order chi connectivity index (χ1) is 10.0. The summed E-state index contributed by atoms with van der Waals surface area (Å²) in [5, 5.41) is 3.01. The molecule has 116 valence electrons. The summed E-state index contributed by atoms with van der Waals surface area (Å²) >= 11 is 0. The highest BCUT2D eigenvalue weighted by Gasteiger charge is 2.37. The van der Waals surface area contributed by atoms with E-state index in [1.54, 1.807) is 6.08 Å². The molecule has 0 spiro atoms. The lowest BCUT2D eigenvalue weighted by Crippen LogP contribution is -2.33. The number of halogens is 1. The smallest absolute Gasteiger partial charge is 0.243 e. The van der Waals surface area contributed by atoms with Crippen LogP contribution in [0.15, 0.2) is 35.7 Å². The zero-order chi connectivity index (χ0) is 15.5. The summed E-state index contributed by atoms with van der Waals surface area (Å²) in [5.41, 5.74) is 0.368. The molecule has 1 aliphatic carbocycles. The Morgan fingerprint density at radius 2 is 2.19 bits per heavy atom. The summed E-state index contributed by atoms with van der Waals surface area (Å²) in [4.78, 5) is 0.144. The van der Waals surface area contributed by atoms with Crippen LogP contribution < -0.4 is 5.32 Å². The highest BCUT2D eigenvalue weighted by molar-refractivity contribution is 7.89. The fourth-order valence-electron chi connectivity index (χ4n) is 2.18. The zero-order valence-electron chi connectivity index (χ0n) is 12.2. The third-order valence-corrected chi connectivity index (χ3v) is 5.37.